The van der Waals surface area contributed by atoms with Crippen LogP contribution in [0.5, 0.6) is 0 Å². The predicted octanol–water partition coefficient (Wildman–Crippen LogP) is 3.13. The Hall–Kier alpha value is -2.93. The summed E-state index contributed by atoms with van der Waals surface area (Å²) in [7, 11) is 0. The van der Waals surface area contributed by atoms with Gasteiger partial charge in [-0.05, 0) is 37.1 Å². The summed E-state index contributed by atoms with van der Waals surface area (Å²) in [6.07, 6.45) is 0.764. The number of non-ortho nitro benzene ring substituents is 1. The third-order valence-electron chi connectivity index (χ3n) is 3.08. The molecule has 0 spiro atoms. The number of anilines is 2. The number of carbonyl (C=O) groups excluding carboxylic acids is 1. The Balaban J connectivity index is 1.96. The van der Waals surface area contributed by atoms with Gasteiger partial charge in [-0.3, -0.25) is 10.1 Å². The lowest BCUT2D eigenvalue weighted by atomic mass is 10.1. The van der Waals surface area contributed by atoms with E-state index in [-0.39, 0.29) is 11.7 Å². The highest BCUT2D eigenvalue weighted by molar-refractivity contribution is 5.99. The molecule has 0 radical (unpaired) electrons. The minimum absolute atomic E-state index is 0.0750. The minimum Gasteiger partial charge on any atom is -0.328 e. The van der Waals surface area contributed by atoms with Crippen LogP contribution >= 0.6 is 0 Å². The fourth-order valence-electron chi connectivity index (χ4n) is 2.09. The number of amides is 2. The van der Waals surface area contributed by atoms with E-state index < -0.39 is 11.0 Å². The van der Waals surface area contributed by atoms with Gasteiger partial charge in [-0.25, -0.2) is 4.79 Å². The van der Waals surface area contributed by atoms with E-state index >= 15 is 0 Å². The Morgan fingerprint density at radius 1 is 1.17 bits per heavy atom. The van der Waals surface area contributed by atoms with E-state index in [2.05, 4.69) is 10.6 Å². The second-order valence-electron chi connectivity index (χ2n) is 5.26. The van der Waals surface area contributed by atoms with Crippen molar-refractivity contribution in [3.63, 3.8) is 0 Å². The van der Waals surface area contributed by atoms with Crippen LogP contribution in [0.1, 0.15) is 12.5 Å². The molecule has 0 aliphatic rings. The monoisotopic (exact) mass is 314 g/mol. The molecule has 2 aromatic carbocycles. The summed E-state index contributed by atoms with van der Waals surface area (Å²) in [6.45, 7) is 1.93. The Bertz CT molecular complexity index is 699. The van der Waals surface area contributed by atoms with Gasteiger partial charge in [-0.15, -0.1) is 0 Å². The topological polar surface area (TPSA) is 110 Å². The maximum atomic E-state index is 11.9. The summed E-state index contributed by atoms with van der Waals surface area (Å²) in [5.41, 5.74) is 7.72. The summed E-state index contributed by atoms with van der Waals surface area (Å²) in [5, 5.41) is 15.9. The molecule has 1 atom stereocenters. The van der Waals surface area contributed by atoms with E-state index in [9.17, 15) is 14.9 Å². The van der Waals surface area contributed by atoms with Crippen LogP contribution in [0.15, 0.2) is 48.5 Å². The second-order valence-corrected chi connectivity index (χ2v) is 5.26. The number of carbonyl (C=O) groups is 1. The van der Waals surface area contributed by atoms with Crippen molar-refractivity contribution >= 4 is 23.1 Å². The van der Waals surface area contributed by atoms with Crippen molar-refractivity contribution < 1.29 is 9.72 Å². The molecule has 120 valence electrons. The van der Waals surface area contributed by atoms with Gasteiger partial charge in [0, 0.05) is 29.5 Å². The number of hydrogen-bond acceptors (Lipinski definition) is 4. The number of urea groups is 1. The first kappa shape index (κ1) is 16.4. The summed E-state index contributed by atoms with van der Waals surface area (Å²) in [4.78, 5) is 22.1. The fourth-order valence-corrected chi connectivity index (χ4v) is 2.09. The van der Waals surface area contributed by atoms with Gasteiger partial charge in [0.05, 0.1) is 4.92 Å². The molecule has 0 saturated carbocycles. The van der Waals surface area contributed by atoms with Crippen LogP contribution in [0.3, 0.4) is 0 Å². The zero-order chi connectivity index (χ0) is 16.8. The number of benzene rings is 2. The zero-order valence-corrected chi connectivity index (χ0v) is 12.7. The van der Waals surface area contributed by atoms with Gasteiger partial charge >= 0.3 is 6.03 Å². The van der Waals surface area contributed by atoms with E-state index in [4.69, 9.17) is 5.73 Å². The molecule has 0 heterocycles. The molecule has 23 heavy (non-hydrogen) atoms. The quantitative estimate of drug-likeness (QED) is 0.581. The van der Waals surface area contributed by atoms with Gasteiger partial charge in [0.15, 0.2) is 0 Å². The molecule has 0 saturated heterocycles. The molecule has 4 N–H and O–H groups in total. The average molecular weight is 314 g/mol. The molecule has 7 nitrogen and oxygen atoms in total. The Labute approximate surface area is 133 Å². The molecule has 0 fully saturated rings. The molecule has 0 aliphatic carbocycles. The van der Waals surface area contributed by atoms with Crippen LogP contribution in [-0.4, -0.2) is 17.0 Å². The molecule has 7 heteroatoms. The van der Waals surface area contributed by atoms with Crippen molar-refractivity contribution in [1.29, 1.82) is 0 Å². The van der Waals surface area contributed by atoms with Gasteiger partial charge in [0.25, 0.3) is 5.69 Å². The molecule has 0 aromatic heterocycles. The number of nitro benzene ring substituents is 1. The van der Waals surface area contributed by atoms with E-state index in [0.29, 0.717) is 11.4 Å². The van der Waals surface area contributed by atoms with Crippen LogP contribution in [0.2, 0.25) is 0 Å². The fraction of sp³-hybridized carbons (Fsp3) is 0.188. The standard InChI is InChI=1S/C16H18N4O3/c1-11(17)9-12-5-7-13(8-6-12)18-16(21)19-14-3-2-4-15(10-14)20(22)23/h2-8,10-11H,9,17H2,1H3,(H2,18,19,21). The maximum absolute atomic E-state index is 11.9. The highest BCUT2D eigenvalue weighted by Gasteiger charge is 2.08. The lowest BCUT2D eigenvalue weighted by Crippen LogP contribution is -2.20. The molecule has 1 unspecified atom stereocenters. The summed E-state index contributed by atoms with van der Waals surface area (Å²) >= 11 is 0. The van der Waals surface area contributed by atoms with Gasteiger partial charge in [0.2, 0.25) is 0 Å². The van der Waals surface area contributed by atoms with Crippen LogP contribution in [-0.2, 0) is 6.42 Å². The second kappa shape index (κ2) is 7.37. The SMILES string of the molecule is CC(N)Cc1ccc(NC(=O)Nc2cccc([N+](=O)[O-])c2)cc1. The largest absolute Gasteiger partial charge is 0.328 e. The van der Waals surface area contributed by atoms with Crippen LogP contribution in [0, 0.1) is 10.1 Å². The van der Waals surface area contributed by atoms with Crippen molar-refractivity contribution in [1.82, 2.24) is 0 Å². The van der Waals surface area contributed by atoms with Crippen molar-refractivity contribution in [2.45, 2.75) is 19.4 Å². The van der Waals surface area contributed by atoms with E-state index in [1.807, 2.05) is 19.1 Å². The summed E-state index contributed by atoms with van der Waals surface area (Å²) in [6, 6.07) is 12.7. The first-order chi connectivity index (χ1) is 10.9. The molecule has 2 aromatic rings. The highest BCUT2D eigenvalue weighted by atomic mass is 16.6. The third kappa shape index (κ3) is 5.08. The van der Waals surface area contributed by atoms with Crippen molar-refractivity contribution in [3.05, 3.63) is 64.2 Å². The van der Waals surface area contributed by atoms with E-state index in [0.717, 1.165) is 12.0 Å². The zero-order valence-electron chi connectivity index (χ0n) is 12.7. The van der Waals surface area contributed by atoms with E-state index in [1.54, 1.807) is 18.2 Å². The molecule has 2 amide bonds. The van der Waals surface area contributed by atoms with Crippen LogP contribution < -0.4 is 16.4 Å². The molecular weight excluding hydrogens is 296 g/mol. The summed E-state index contributed by atoms with van der Waals surface area (Å²) in [5.74, 6) is 0. The average Bonchev–Trinajstić information content (AvgIpc) is 2.49. The number of nitrogens with one attached hydrogen (secondary N) is 2. The van der Waals surface area contributed by atoms with Crippen molar-refractivity contribution in [2.24, 2.45) is 5.73 Å². The molecular formula is C16H18N4O3. The number of nitrogens with two attached hydrogens (primary N) is 1. The van der Waals surface area contributed by atoms with Crippen LogP contribution in [0.25, 0.3) is 0 Å². The number of hydrogen-bond donors (Lipinski definition) is 3. The van der Waals surface area contributed by atoms with E-state index in [1.165, 1.54) is 18.2 Å². The van der Waals surface area contributed by atoms with Gasteiger partial charge < -0.3 is 16.4 Å². The Morgan fingerprint density at radius 3 is 2.43 bits per heavy atom. The lowest BCUT2D eigenvalue weighted by molar-refractivity contribution is -0.384. The minimum atomic E-state index is -0.514. The molecule has 0 aliphatic heterocycles. The van der Waals surface area contributed by atoms with Gasteiger partial charge in [0.1, 0.15) is 0 Å². The number of rotatable bonds is 5. The van der Waals surface area contributed by atoms with Crippen molar-refractivity contribution in [2.75, 3.05) is 10.6 Å². The maximum Gasteiger partial charge on any atom is 0.323 e. The Morgan fingerprint density at radius 2 is 1.83 bits per heavy atom. The molecule has 2 rings (SSSR count). The van der Waals surface area contributed by atoms with Crippen LogP contribution in [0.4, 0.5) is 21.9 Å². The highest BCUT2D eigenvalue weighted by Crippen LogP contribution is 2.17. The smallest absolute Gasteiger partial charge is 0.323 e. The number of nitro groups is 1. The lowest BCUT2D eigenvalue weighted by Gasteiger charge is -2.09. The Kier molecular flexibility index (Phi) is 5.27. The van der Waals surface area contributed by atoms with Gasteiger partial charge in [-0.1, -0.05) is 18.2 Å². The third-order valence-corrected chi connectivity index (χ3v) is 3.08. The van der Waals surface area contributed by atoms with Gasteiger partial charge in [-0.2, -0.15) is 0 Å². The first-order valence-corrected chi connectivity index (χ1v) is 7.11. The summed E-state index contributed by atoms with van der Waals surface area (Å²) < 4.78 is 0. The van der Waals surface area contributed by atoms with Crippen molar-refractivity contribution in [3.8, 4) is 0 Å². The molecule has 0 bridgehead atoms. The predicted molar refractivity (Wildman–Crippen MR) is 89.5 cm³/mol. The number of nitrogens with zero attached hydrogens (tertiary/aromatic N) is 1. The normalized spacial score (nSPS) is 11.6. The first-order valence-electron chi connectivity index (χ1n) is 7.11.